The van der Waals surface area contributed by atoms with Gasteiger partial charge < -0.3 is 9.13 Å². The van der Waals surface area contributed by atoms with Crippen LogP contribution in [0.3, 0.4) is 0 Å². The SMILES string of the molecule is [C-]#[N+]c1ccc(-c2nc3c(-c4ccccc4)ncc(-c4cccc(-n5c6ccccc6c6cc(-c7ccc8c9ccccc9n(-c9ccccc9)c8c7)ccc65)c4)c3nc2-c2ccc(C#N)cc2)cc1. The summed E-state index contributed by atoms with van der Waals surface area (Å²) >= 11 is 0. The summed E-state index contributed by atoms with van der Waals surface area (Å²) in [6.45, 7) is 7.58. The Labute approximate surface area is 402 Å². The number of benzene rings is 9. The van der Waals surface area contributed by atoms with Gasteiger partial charge in [0.05, 0.1) is 57.4 Å². The summed E-state index contributed by atoms with van der Waals surface area (Å²) in [5.41, 5.74) is 17.8. The molecular formula is C63H37N7. The van der Waals surface area contributed by atoms with E-state index >= 15 is 0 Å². The van der Waals surface area contributed by atoms with Crippen LogP contribution in [0.15, 0.2) is 225 Å². The molecule has 0 bridgehead atoms. The highest BCUT2D eigenvalue weighted by atomic mass is 15.0. The third kappa shape index (κ3) is 6.61. The van der Waals surface area contributed by atoms with E-state index in [4.69, 9.17) is 21.5 Å². The van der Waals surface area contributed by atoms with Crippen molar-refractivity contribution in [2.75, 3.05) is 0 Å². The minimum Gasteiger partial charge on any atom is -0.309 e. The van der Waals surface area contributed by atoms with E-state index in [1.807, 2.05) is 60.8 Å². The smallest absolute Gasteiger partial charge is 0.187 e. The molecule has 0 N–H and O–H groups in total. The normalized spacial score (nSPS) is 11.4. The molecule has 4 aromatic heterocycles. The highest BCUT2D eigenvalue weighted by Crippen LogP contribution is 2.41. The Hall–Kier alpha value is -9.95. The molecule has 0 atom stereocenters. The second-order valence-electron chi connectivity index (χ2n) is 17.4. The van der Waals surface area contributed by atoms with Gasteiger partial charge in [0.25, 0.3) is 0 Å². The number of pyridine rings is 1. The van der Waals surface area contributed by atoms with Crippen LogP contribution >= 0.6 is 0 Å². The molecular weight excluding hydrogens is 855 g/mol. The monoisotopic (exact) mass is 891 g/mol. The molecule has 4 heterocycles. The first-order chi connectivity index (χ1) is 34.6. The van der Waals surface area contributed by atoms with Crippen LogP contribution in [-0.4, -0.2) is 24.1 Å². The van der Waals surface area contributed by atoms with E-state index in [0.29, 0.717) is 39.4 Å². The third-order valence-electron chi connectivity index (χ3n) is 13.4. The van der Waals surface area contributed by atoms with Crippen LogP contribution in [0.25, 0.3) is 127 Å². The van der Waals surface area contributed by atoms with E-state index in [2.05, 4.69) is 160 Å². The quantitative estimate of drug-likeness (QED) is 0.149. The number of rotatable bonds is 7. The fourth-order valence-electron chi connectivity index (χ4n) is 10.1. The zero-order valence-electron chi connectivity index (χ0n) is 37.5. The van der Waals surface area contributed by atoms with Gasteiger partial charge in [0, 0.05) is 55.8 Å². The fraction of sp³-hybridized carbons (Fsp3) is 0. The van der Waals surface area contributed by atoms with E-state index in [0.717, 1.165) is 66.7 Å². The van der Waals surface area contributed by atoms with Crippen molar-refractivity contribution in [1.29, 1.82) is 5.26 Å². The molecule has 0 amide bonds. The zero-order valence-corrected chi connectivity index (χ0v) is 37.5. The van der Waals surface area contributed by atoms with Gasteiger partial charge in [-0.25, -0.2) is 14.8 Å². The van der Waals surface area contributed by atoms with Crippen molar-refractivity contribution in [3.63, 3.8) is 0 Å². The van der Waals surface area contributed by atoms with Crippen molar-refractivity contribution < 1.29 is 0 Å². The van der Waals surface area contributed by atoms with Crippen LogP contribution in [-0.2, 0) is 0 Å². The molecule has 9 aromatic carbocycles. The second-order valence-corrected chi connectivity index (χ2v) is 17.4. The molecule has 0 unspecified atom stereocenters. The molecule has 0 saturated heterocycles. The van der Waals surface area contributed by atoms with Crippen molar-refractivity contribution in [1.82, 2.24) is 24.1 Å². The molecule has 0 spiro atoms. The molecule has 324 valence electrons. The number of para-hydroxylation sites is 3. The molecule has 70 heavy (non-hydrogen) atoms. The van der Waals surface area contributed by atoms with Gasteiger partial charge >= 0.3 is 0 Å². The Morgan fingerprint density at radius 1 is 0.400 bits per heavy atom. The van der Waals surface area contributed by atoms with Crippen LogP contribution in [0.2, 0.25) is 0 Å². The van der Waals surface area contributed by atoms with Crippen LogP contribution < -0.4 is 0 Å². The van der Waals surface area contributed by atoms with Crippen molar-refractivity contribution in [2.24, 2.45) is 0 Å². The van der Waals surface area contributed by atoms with Gasteiger partial charge in [-0.15, -0.1) is 0 Å². The number of fused-ring (bicyclic) bond motifs is 7. The summed E-state index contributed by atoms with van der Waals surface area (Å²) < 4.78 is 4.72. The summed E-state index contributed by atoms with van der Waals surface area (Å²) in [6, 6.07) is 77.3. The van der Waals surface area contributed by atoms with Gasteiger partial charge in [-0.05, 0) is 89.0 Å². The third-order valence-corrected chi connectivity index (χ3v) is 13.4. The van der Waals surface area contributed by atoms with Crippen molar-refractivity contribution in [3.8, 4) is 73.5 Å². The van der Waals surface area contributed by atoms with Crippen LogP contribution in [0.1, 0.15) is 5.56 Å². The highest BCUT2D eigenvalue weighted by molar-refractivity contribution is 6.13. The summed E-state index contributed by atoms with van der Waals surface area (Å²) in [5.74, 6) is 0. The number of hydrogen-bond donors (Lipinski definition) is 0. The van der Waals surface area contributed by atoms with Gasteiger partial charge in [-0.3, -0.25) is 4.98 Å². The number of hydrogen-bond acceptors (Lipinski definition) is 4. The first kappa shape index (κ1) is 40.3. The lowest BCUT2D eigenvalue weighted by atomic mass is 9.99. The predicted molar refractivity (Wildman–Crippen MR) is 284 cm³/mol. The molecule has 13 aromatic rings. The Bertz CT molecular complexity index is 4290. The Balaban J connectivity index is 0.983. The molecule has 0 radical (unpaired) electrons. The lowest BCUT2D eigenvalue weighted by molar-refractivity contribution is 1.18. The lowest BCUT2D eigenvalue weighted by Crippen LogP contribution is -2.01. The largest absolute Gasteiger partial charge is 0.309 e. The number of nitrogens with zero attached hydrogens (tertiary/aromatic N) is 7. The van der Waals surface area contributed by atoms with Crippen LogP contribution in [0.5, 0.6) is 0 Å². The molecule has 13 rings (SSSR count). The van der Waals surface area contributed by atoms with Gasteiger partial charge in [0.2, 0.25) is 0 Å². The molecule has 7 heteroatoms. The number of aromatic nitrogens is 5. The Morgan fingerprint density at radius 3 is 1.64 bits per heavy atom. The van der Waals surface area contributed by atoms with Gasteiger partial charge in [0.1, 0.15) is 11.0 Å². The zero-order chi connectivity index (χ0) is 46.7. The van der Waals surface area contributed by atoms with Crippen molar-refractivity contribution >= 4 is 60.3 Å². The first-order valence-corrected chi connectivity index (χ1v) is 23.1. The predicted octanol–water partition coefficient (Wildman–Crippen LogP) is 16.0. The standard InChI is InChI=1S/C63H37N7/c1-65-47-31-27-43(28-32-47)61-60(42-25-23-40(38-64)24-26-42)67-62-54(39-66-59(63(62)68-61)41-13-4-2-5-14-41)46-15-12-18-49(35-46)70-56-22-11-9-20-51(56)53-36-44(30-34-57(53)70)45-29-33-52-50-19-8-10-21-55(50)69(58(52)37-45)48-16-6-3-7-17-48/h2-37,39H. The number of nitriles is 1. The molecule has 0 aliphatic rings. The van der Waals surface area contributed by atoms with Gasteiger partial charge in [-0.1, -0.05) is 152 Å². The average Bonchev–Trinajstić information content (AvgIpc) is 3.95. The molecule has 0 saturated carbocycles. The van der Waals surface area contributed by atoms with Gasteiger partial charge in [0.15, 0.2) is 5.69 Å². The second kappa shape index (κ2) is 16.4. The summed E-state index contributed by atoms with van der Waals surface area (Å²) in [5, 5.41) is 14.5. The molecule has 0 aliphatic carbocycles. The molecule has 0 aliphatic heterocycles. The average molecular weight is 892 g/mol. The van der Waals surface area contributed by atoms with E-state index in [1.54, 1.807) is 24.3 Å². The highest BCUT2D eigenvalue weighted by Gasteiger charge is 2.22. The van der Waals surface area contributed by atoms with Gasteiger partial charge in [-0.2, -0.15) is 5.26 Å². The lowest BCUT2D eigenvalue weighted by Gasteiger charge is -2.16. The van der Waals surface area contributed by atoms with E-state index in [1.165, 1.54) is 27.2 Å². The summed E-state index contributed by atoms with van der Waals surface area (Å²) in [6.07, 6.45) is 1.91. The topological polar surface area (TPSA) is 76.7 Å². The molecule has 7 nitrogen and oxygen atoms in total. The maximum atomic E-state index is 9.67. The summed E-state index contributed by atoms with van der Waals surface area (Å²) in [4.78, 5) is 19.7. The Morgan fingerprint density at radius 2 is 0.929 bits per heavy atom. The Kier molecular flexibility index (Phi) is 9.47. The van der Waals surface area contributed by atoms with Crippen LogP contribution in [0.4, 0.5) is 5.69 Å². The van der Waals surface area contributed by atoms with Crippen LogP contribution in [0, 0.1) is 17.9 Å². The van der Waals surface area contributed by atoms with E-state index < -0.39 is 0 Å². The maximum absolute atomic E-state index is 9.67. The maximum Gasteiger partial charge on any atom is 0.187 e. The fourth-order valence-corrected chi connectivity index (χ4v) is 10.1. The molecule has 0 fully saturated rings. The first-order valence-electron chi connectivity index (χ1n) is 23.1. The van der Waals surface area contributed by atoms with Crippen molar-refractivity contribution in [2.45, 2.75) is 0 Å². The minimum atomic E-state index is 0.538. The van der Waals surface area contributed by atoms with Crippen molar-refractivity contribution in [3.05, 3.63) is 242 Å². The van der Waals surface area contributed by atoms with E-state index in [9.17, 15) is 5.26 Å². The van der Waals surface area contributed by atoms with E-state index in [-0.39, 0.29) is 0 Å². The summed E-state index contributed by atoms with van der Waals surface area (Å²) in [7, 11) is 0. The minimum absolute atomic E-state index is 0.538.